The molecule has 6 rings (SSSR count). The highest BCUT2D eigenvalue weighted by Gasteiger charge is 2.34. The van der Waals surface area contributed by atoms with Gasteiger partial charge in [0.25, 0.3) is 11.3 Å². The van der Waals surface area contributed by atoms with E-state index in [0.717, 1.165) is 35.1 Å². The fraction of sp³-hybridized carbons (Fsp3) is 0.269. The van der Waals surface area contributed by atoms with Gasteiger partial charge in [0.1, 0.15) is 12.4 Å². The second-order valence-corrected chi connectivity index (χ2v) is 10.2. The zero-order valence-corrected chi connectivity index (χ0v) is 21.9. The lowest BCUT2D eigenvalue weighted by atomic mass is 9.97. The van der Waals surface area contributed by atoms with Gasteiger partial charge >= 0.3 is 0 Å². The number of pyridine rings is 1. The Morgan fingerprint density at radius 1 is 1.21 bits per heavy atom. The highest BCUT2D eigenvalue weighted by atomic mass is 35.5. The number of aryl methyl sites for hydroxylation is 2. The van der Waals surface area contributed by atoms with Gasteiger partial charge in [-0.25, -0.2) is 9.07 Å². The van der Waals surface area contributed by atoms with E-state index >= 15 is 4.39 Å². The molecule has 198 valence electrons. The number of halogens is 2. The van der Waals surface area contributed by atoms with E-state index in [9.17, 15) is 10.0 Å². The van der Waals surface area contributed by atoms with Crippen LogP contribution in [0.1, 0.15) is 36.6 Å². The van der Waals surface area contributed by atoms with Crippen LogP contribution >= 0.6 is 11.6 Å². The van der Waals surface area contributed by atoms with Gasteiger partial charge in [0.15, 0.2) is 5.82 Å². The Morgan fingerprint density at radius 3 is 2.72 bits per heavy atom. The molecule has 0 radical (unpaired) electrons. The molecule has 0 aliphatic heterocycles. The van der Waals surface area contributed by atoms with Gasteiger partial charge in [-0.1, -0.05) is 24.4 Å². The summed E-state index contributed by atoms with van der Waals surface area (Å²) in [5.41, 5.74) is 3.47. The van der Waals surface area contributed by atoms with Gasteiger partial charge in [0.05, 0.1) is 34.2 Å². The Bertz CT molecular complexity index is 1750. The van der Waals surface area contributed by atoms with Crippen LogP contribution in [0.4, 0.5) is 4.39 Å². The Kier molecular flexibility index (Phi) is 6.18. The number of hydrogen-bond donors (Lipinski definition) is 1. The molecular weight excluding hydrogens is 525 g/mol. The van der Waals surface area contributed by atoms with Gasteiger partial charge in [-0.15, -0.1) is 5.10 Å². The van der Waals surface area contributed by atoms with Crippen molar-refractivity contribution in [3.63, 3.8) is 0 Å². The summed E-state index contributed by atoms with van der Waals surface area (Å²) in [7, 11) is 1.59. The third kappa shape index (κ3) is 4.67. The van der Waals surface area contributed by atoms with Crippen LogP contribution < -0.4 is 10.3 Å². The second-order valence-electron chi connectivity index (χ2n) is 9.76. The third-order valence-corrected chi connectivity index (χ3v) is 7.35. The zero-order chi connectivity index (χ0) is 27.3. The van der Waals surface area contributed by atoms with Crippen LogP contribution in [0, 0.1) is 18.7 Å². The molecule has 1 saturated carbocycles. The Hall–Kier alpha value is -4.45. The van der Waals surface area contributed by atoms with E-state index in [4.69, 9.17) is 11.6 Å². The van der Waals surface area contributed by atoms with Crippen molar-refractivity contribution < 1.29 is 14.3 Å². The smallest absolute Gasteiger partial charge is 0.267 e. The van der Waals surface area contributed by atoms with E-state index in [1.54, 1.807) is 30.2 Å². The summed E-state index contributed by atoms with van der Waals surface area (Å²) in [4.78, 5) is 12.1. The lowest BCUT2D eigenvalue weighted by Crippen LogP contribution is -2.39. The van der Waals surface area contributed by atoms with Crippen molar-refractivity contribution in [2.75, 3.05) is 0 Å². The molecule has 4 heterocycles. The molecule has 1 aromatic carbocycles. The highest BCUT2D eigenvalue weighted by molar-refractivity contribution is 6.31. The van der Waals surface area contributed by atoms with E-state index in [0.29, 0.717) is 28.4 Å². The van der Waals surface area contributed by atoms with Crippen molar-refractivity contribution in [1.29, 1.82) is 0 Å². The summed E-state index contributed by atoms with van der Waals surface area (Å²) in [5.74, 6) is -0.139. The largest absolute Gasteiger partial charge is 0.285 e. The Labute approximate surface area is 226 Å². The first-order chi connectivity index (χ1) is 18.8. The molecular formula is C26H24ClFN9O2+. The third-order valence-electron chi connectivity index (χ3n) is 7.06. The minimum Gasteiger partial charge on any atom is -0.285 e. The first-order valence-corrected chi connectivity index (χ1v) is 12.7. The molecule has 11 nitrogen and oxygen atoms in total. The summed E-state index contributed by atoms with van der Waals surface area (Å²) in [6, 6.07) is 6.10. The summed E-state index contributed by atoms with van der Waals surface area (Å²) in [6.07, 6.45) is 11.0. The lowest BCUT2D eigenvalue weighted by molar-refractivity contribution is -0.910. The fourth-order valence-electron chi connectivity index (χ4n) is 4.75. The average molecular weight is 549 g/mol. The summed E-state index contributed by atoms with van der Waals surface area (Å²) in [6.45, 7) is 1.84. The van der Waals surface area contributed by atoms with Crippen LogP contribution in [-0.2, 0) is 7.05 Å². The summed E-state index contributed by atoms with van der Waals surface area (Å²) in [5, 5.41) is 31.1. The van der Waals surface area contributed by atoms with Crippen molar-refractivity contribution in [3.05, 3.63) is 87.8 Å². The topological polar surface area (TPSA) is 120 Å². The maximum absolute atomic E-state index is 15.4. The molecule has 1 fully saturated rings. The normalized spacial score (nSPS) is 14.1. The second kappa shape index (κ2) is 9.70. The molecule has 4 aromatic heterocycles. The van der Waals surface area contributed by atoms with Crippen LogP contribution in [0.5, 0.6) is 0 Å². The predicted molar refractivity (Wildman–Crippen MR) is 138 cm³/mol. The number of tetrazole rings is 1. The monoisotopic (exact) mass is 548 g/mol. The molecule has 0 saturated heterocycles. The Morgan fingerprint density at radius 2 is 2.00 bits per heavy atom. The number of aromatic nitrogens is 9. The molecule has 13 heteroatoms. The molecule has 5 aromatic rings. The van der Waals surface area contributed by atoms with Crippen LogP contribution in [0.3, 0.4) is 0 Å². The Balaban J connectivity index is 1.43. The molecule has 1 N–H and O–H groups in total. The fourth-order valence-corrected chi connectivity index (χ4v) is 4.91. The molecule has 39 heavy (non-hydrogen) atoms. The molecule has 1 unspecified atom stereocenters. The first-order valence-electron chi connectivity index (χ1n) is 12.3. The number of benzene rings is 1. The molecule has 1 aliphatic carbocycles. The predicted octanol–water partition coefficient (Wildman–Crippen LogP) is 3.30. The lowest BCUT2D eigenvalue weighted by Gasteiger charge is -2.17. The van der Waals surface area contributed by atoms with E-state index in [1.165, 1.54) is 34.0 Å². The number of nitrogens with zero attached hydrogens (tertiary/aromatic N) is 9. The van der Waals surface area contributed by atoms with Gasteiger partial charge in [-0.3, -0.25) is 14.7 Å². The highest BCUT2D eigenvalue weighted by Crippen LogP contribution is 2.40. The molecule has 0 spiro atoms. The minimum atomic E-state index is -0.644. The van der Waals surface area contributed by atoms with Crippen molar-refractivity contribution >= 4 is 11.6 Å². The van der Waals surface area contributed by atoms with E-state index in [-0.39, 0.29) is 22.2 Å². The van der Waals surface area contributed by atoms with Gasteiger partial charge in [0, 0.05) is 41.2 Å². The van der Waals surface area contributed by atoms with Gasteiger partial charge in [0.2, 0.25) is 6.20 Å². The zero-order valence-electron chi connectivity index (χ0n) is 21.1. The van der Waals surface area contributed by atoms with E-state index in [1.807, 2.05) is 19.2 Å². The van der Waals surface area contributed by atoms with Crippen molar-refractivity contribution in [2.24, 2.45) is 13.0 Å². The van der Waals surface area contributed by atoms with Gasteiger partial charge in [-0.05, 0) is 47.4 Å². The molecule has 0 bridgehead atoms. The van der Waals surface area contributed by atoms with Crippen molar-refractivity contribution in [3.8, 4) is 27.9 Å². The molecule has 0 amide bonds. The summed E-state index contributed by atoms with van der Waals surface area (Å²) < 4.78 is 20.8. The quantitative estimate of drug-likeness (QED) is 0.245. The SMILES string of the molecule is Cc1cc(C(CC2CC2)n2cc(-c3cnn(C)c(=O)c3)cn2)[n+](O)cc1-c1c(-n2cnnn2)ccc(Cl)c1F. The van der Waals surface area contributed by atoms with Crippen molar-refractivity contribution in [2.45, 2.75) is 32.2 Å². The van der Waals surface area contributed by atoms with E-state index in [2.05, 4.69) is 25.7 Å². The van der Waals surface area contributed by atoms with Crippen LogP contribution in [0.2, 0.25) is 5.02 Å². The maximum Gasteiger partial charge on any atom is 0.267 e. The average Bonchev–Trinajstić information content (AvgIpc) is 3.35. The number of hydrogen-bond acceptors (Lipinski definition) is 7. The number of rotatable bonds is 7. The first kappa shape index (κ1) is 24.9. The van der Waals surface area contributed by atoms with Crippen LogP contribution in [-0.4, -0.2) is 45.0 Å². The maximum atomic E-state index is 15.4. The van der Waals surface area contributed by atoms with Crippen LogP contribution in [0.25, 0.3) is 27.9 Å². The van der Waals surface area contributed by atoms with Crippen LogP contribution in [0.15, 0.2) is 60.2 Å². The van der Waals surface area contributed by atoms with E-state index < -0.39 is 5.82 Å². The molecule has 1 atom stereocenters. The molecule has 1 aliphatic rings. The summed E-state index contributed by atoms with van der Waals surface area (Å²) >= 11 is 6.14. The van der Waals surface area contributed by atoms with Crippen molar-refractivity contribution in [1.82, 2.24) is 39.8 Å². The van der Waals surface area contributed by atoms with Gasteiger partial charge in [-0.2, -0.15) is 14.9 Å². The van der Waals surface area contributed by atoms with Gasteiger partial charge < -0.3 is 0 Å². The minimum absolute atomic E-state index is 0.0595. The standard InChI is InChI=1S/C26H24ClFN9O2/c1-15-7-23(37(39)13-19(15)25-21(36-14-29-32-33-36)6-5-20(27)26(25)28)22(8-16-3-4-16)35-12-18(11-31-35)17-9-24(38)34(2)30-10-17/h5-7,9-14,16,22,39H,3-4,8H2,1-2H3/q+1.